The third-order valence-corrected chi connectivity index (χ3v) is 2.25. The van der Waals surface area contributed by atoms with Crippen LogP contribution in [0.4, 0.5) is 5.69 Å². The lowest BCUT2D eigenvalue weighted by Gasteiger charge is -2.09. The van der Waals surface area contributed by atoms with Crippen molar-refractivity contribution in [2.75, 3.05) is 20.0 Å². The molecule has 0 amide bonds. The molecule has 0 saturated heterocycles. The fourth-order valence-corrected chi connectivity index (χ4v) is 1.34. The van der Waals surface area contributed by atoms with Crippen molar-refractivity contribution in [2.45, 2.75) is 12.8 Å². The molecule has 88 valence electrons. The van der Waals surface area contributed by atoms with Gasteiger partial charge in [0.15, 0.2) is 0 Å². The predicted octanol–water partition coefficient (Wildman–Crippen LogP) is 1.09. The molecule has 0 aliphatic rings. The van der Waals surface area contributed by atoms with E-state index in [4.69, 9.17) is 10.5 Å². The summed E-state index contributed by atoms with van der Waals surface area (Å²) >= 11 is 0. The molecule has 0 bridgehead atoms. The van der Waals surface area contributed by atoms with Gasteiger partial charge in [0.2, 0.25) is 0 Å². The topological polar surface area (TPSA) is 81.8 Å². The Bertz CT molecular complexity index is 390. The summed E-state index contributed by atoms with van der Waals surface area (Å²) in [6.45, 7) is 0. The Balaban J connectivity index is 2.86. The number of carbonyl (C=O) groups excluding carboxylic acids is 1. The number of esters is 1. The van der Waals surface area contributed by atoms with Crippen LogP contribution in [0.15, 0.2) is 12.1 Å². The second-order valence-corrected chi connectivity index (χ2v) is 3.30. The number of carbonyl (C=O) groups is 1. The van der Waals surface area contributed by atoms with Crippen molar-refractivity contribution in [3.63, 3.8) is 0 Å². The van der Waals surface area contributed by atoms with E-state index in [0.717, 1.165) is 0 Å². The van der Waals surface area contributed by atoms with Gasteiger partial charge >= 0.3 is 5.97 Å². The monoisotopic (exact) mass is 225 g/mol. The average Bonchev–Trinajstić information content (AvgIpc) is 2.30. The van der Waals surface area contributed by atoms with Crippen molar-refractivity contribution >= 4 is 11.7 Å². The Kier molecular flexibility index (Phi) is 3.99. The summed E-state index contributed by atoms with van der Waals surface area (Å²) in [5, 5.41) is 9.67. The number of phenolic OH excluding ortho intramolecular Hbond substituents is 1. The number of benzene rings is 1. The first-order valence-electron chi connectivity index (χ1n) is 4.80. The third kappa shape index (κ3) is 2.79. The van der Waals surface area contributed by atoms with Crippen molar-refractivity contribution in [1.29, 1.82) is 0 Å². The lowest BCUT2D eigenvalue weighted by Crippen LogP contribution is -2.03. The Hall–Kier alpha value is -1.91. The maximum atomic E-state index is 11.0. The molecule has 0 radical (unpaired) electrons. The third-order valence-electron chi connectivity index (χ3n) is 2.25. The Labute approximate surface area is 93.8 Å². The zero-order chi connectivity index (χ0) is 12.1. The number of nitrogen functional groups attached to an aromatic ring is 1. The van der Waals surface area contributed by atoms with Crippen LogP contribution in [0.3, 0.4) is 0 Å². The summed E-state index contributed by atoms with van der Waals surface area (Å²) in [4.78, 5) is 11.0. The van der Waals surface area contributed by atoms with Gasteiger partial charge in [-0.1, -0.05) is 0 Å². The zero-order valence-electron chi connectivity index (χ0n) is 9.32. The number of methoxy groups -OCH3 is 2. The van der Waals surface area contributed by atoms with Crippen LogP contribution < -0.4 is 10.5 Å². The van der Waals surface area contributed by atoms with Gasteiger partial charge in [-0.2, -0.15) is 0 Å². The average molecular weight is 225 g/mol. The molecule has 0 unspecified atom stereocenters. The maximum absolute atomic E-state index is 11.0. The highest BCUT2D eigenvalue weighted by Gasteiger charge is 2.10. The molecule has 0 spiro atoms. The number of phenols is 1. The maximum Gasteiger partial charge on any atom is 0.305 e. The summed E-state index contributed by atoms with van der Waals surface area (Å²) in [6.07, 6.45) is 0.552. The molecule has 5 nitrogen and oxygen atoms in total. The van der Waals surface area contributed by atoms with Gasteiger partial charge in [-0.15, -0.1) is 0 Å². The Morgan fingerprint density at radius 2 is 2.12 bits per heavy atom. The lowest BCUT2D eigenvalue weighted by molar-refractivity contribution is -0.140. The molecule has 0 fully saturated rings. The van der Waals surface area contributed by atoms with Crippen LogP contribution in [0.25, 0.3) is 0 Å². The fraction of sp³-hybridized carbons (Fsp3) is 0.364. The van der Waals surface area contributed by atoms with Crippen LogP contribution in [0.2, 0.25) is 0 Å². The number of anilines is 1. The van der Waals surface area contributed by atoms with Gasteiger partial charge in [-0.05, 0) is 12.5 Å². The summed E-state index contributed by atoms with van der Waals surface area (Å²) < 4.78 is 9.53. The van der Waals surface area contributed by atoms with Crippen molar-refractivity contribution in [1.82, 2.24) is 0 Å². The largest absolute Gasteiger partial charge is 0.505 e. The molecular weight excluding hydrogens is 210 g/mol. The number of hydrogen-bond donors (Lipinski definition) is 2. The zero-order valence-corrected chi connectivity index (χ0v) is 9.32. The smallest absolute Gasteiger partial charge is 0.305 e. The molecule has 1 aromatic rings. The van der Waals surface area contributed by atoms with Crippen molar-refractivity contribution in [2.24, 2.45) is 0 Å². The molecule has 5 heteroatoms. The van der Waals surface area contributed by atoms with Gasteiger partial charge in [0.1, 0.15) is 11.5 Å². The highest BCUT2D eigenvalue weighted by molar-refractivity contribution is 5.70. The van der Waals surface area contributed by atoms with Crippen LogP contribution >= 0.6 is 0 Å². The molecular formula is C11H15NO4. The number of hydrogen-bond acceptors (Lipinski definition) is 5. The number of aromatic hydroxyl groups is 1. The highest BCUT2D eigenvalue weighted by Crippen LogP contribution is 2.31. The molecule has 1 rings (SSSR count). The van der Waals surface area contributed by atoms with Gasteiger partial charge in [-0.25, -0.2) is 0 Å². The van der Waals surface area contributed by atoms with Crippen LogP contribution in [0.1, 0.15) is 12.0 Å². The van der Waals surface area contributed by atoms with Crippen molar-refractivity contribution in [3.05, 3.63) is 17.7 Å². The van der Waals surface area contributed by atoms with Gasteiger partial charge in [0.25, 0.3) is 0 Å². The summed E-state index contributed by atoms with van der Waals surface area (Å²) in [5.41, 5.74) is 6.40. The fourth-order valence-electron chi connectivity index (χ4n) is 1.34. The predicted molar refractivity (Wildman–Crippen MR) is 59.4 cm³/mol. The first-order valence-corrected chi connectivity index (χ1v) is 4.80. The van der Waals surface area contributed by atoms with E-state index in [1.54, 1.807) is 6.07 Å². The van der Waals surface area contributed by atoms with E-state index >= 15 is 0 Å². The van der Waals surface area contributed by atoms with E-state index in [0.29, 0.717) is 17.7 Å². The molecule has 3 N–H and O–H groups in total. The van der Waals surface area contributed by atoms with E-state index < -0.39 is 0 Å². The Morgan fingerprint density at radius 3 is 2.69 bits per heavy atom. The van der Waals surface area contributed by atoms with E-state index in [1.165, 1.54) is 20.3 Å². The Morgan fingerprint density at radius 1 is 1.44 bits per heavy atom. The van der Waals surface area contributed by atoms with Crippen LogP contribution in [-0.2, 0) is 16.0 Å². The normalized spacial score (nSPS) is 9.88. The minimum Gasteiger partial charge on any atom is -0.505 e. The molecule has 0 aliphatic carbocycles. The number of ether oxygens (including phenoxy) is 2. The standard InChI is InChI=1S/C11H15NO4/c1-15-8-5-7(3-4-10(13)16-2)11(14)9(12)6-8/h5-6,14H,3-4,12H2,1-2H3. The molecule has 1 aromatic carbocycles. The van der Waals surface area contributed by atoms with E-state index in [2.05, 4.69) is 4.74 Å². The van der Waals surface area contributed by atoms with E-state index in [1.807, 2.05) is 0 Å². The first kappa shape index (κ1) is 12.2. The van der Waals surface area contributed by atoms with Gasteiger partial charge < -0.3 is 20.3 Å². The van der Waals surface area contributed by atoms with Crippen molar-refractivity contribution in [3.8, 4) is 11.5 Å². The molecule has 0 aromatic heterocycles. The second kappa shape index (κ2) is 5.25. The second-order valence-electron chi connectivity index (χ2n) is 3.30. The summed E-state index contributed by atoms with van der Waals surface area (Å²) in [7, 11) is 2.83. The van der Waals surface area contributed by atoms with Crippen LogP contribution in [0, 0.1) is 0 Å². The number of rotatable bonds is 4. The summed E-state index contributed by atoms with van der Waals surface area (Å²) in [5.74, 6) is 0.209. The molecule has 0 heterocycles. The molecule has 16 heavy (non-hydrogen) atoms. The quantitative estimate of drug-likeness (QED) is 0.455. The van der Waals surface area contributed by atoms with E-state index in [-0.39, 0.29) is 23.8 Å². The summed E-state index contributed by atoms with van der Waals surface area (Å²) in [6, 6.07) is 3.17. The van der Waals surface area contributed by atoms with Crippen LogP contribution in [0.5, 0.6) is 11.5 Å². The number of nitrogens with two attached hydrogens (primary N) is 1. The van der Waals surface area contributed by atoms with E-state index in [9.17, 15) is 9.90 Å². The SMILES string of the molecule is COC(=O)CCc1cc(OC)cc(N)c1O. The minimum atomic E-state index is -0.333. The number of aryl methyl sites for hydroxylation is 1. The van der Waals surface area contributed by atoms with Crippen molar-refractivity contribution < 1.29 is 19.4 Å². The molecule has 0 saturated carbocycles. The highest BCUT2D eigenvalue weighted by atomic mass is 16.5. The molecule has 0 atom stereocenters. The first-order chi connectivity index (χ1) is 7.58. The van der Waals surface area contributed by atoms with Gasteiger partial charge in [-0.3, -0.25) is 4.79 Å². The molecule has 0 aliphatic heterocycles. The minimum absolute atomic E-state index is 0.00953. The van der Waals surface area contributed by atoms with Crippen LogP contribution in [-0.4, -0.2) is 25.3 Å². The lowest BCUT2D eigenvalue weighted by atomic mass is 10.1. The van der Waals surface area contributed by atoms with Gasteiger partial charge in [0.05, 0.1) is 19.9 Å². The van der Waals surface area contributed by atoms with Gasteiger partial charge in [0, 0.05) is 18.1 Å².